The molecule has 1 aliphatic heterocycles. The molecule has 7 nitrogen and oxygen atoms in total. The van der Waals surface area contributed by atoms with Crippen molar-refractivity contribution in [2.24, 2.45) is 0 Å². The van der Waals surface area contributed by atoms with Crippen LogP contribution in [0.5, 0.6) is 0 Å². The number of carbonyl (C=O) groups excluding carboxylic acids is 2. The lowest BCUT2D eigenvalue weighted by Gasteiger charge is -2.40. The predicted octanol–water partition coefficient (Wildman–Crippen LogP) is 1.46. The van der Waals surface area contributed by atoms with Crippen LogP contribution in [0, 0.1) is 0 Å². The highest BCUT2D eigenvalue weighted by atomic mass is 16.6. The molecule has 1 saturated heterocycles. The fourth-order valence-corrected chi connectivity index (χ4v) is 3.14. The molecular weight excluding hydrogens is 326 g/mol. The SMILES string of the molecule is COC(=O)C1CCCC(CC(O)CO)N1C(=O)OCc1ccccc1. The van der Waals surface area contributed by atoms with Gasteiger partial charge in [0.2, 0.25) is 0 Å². The molecule has 2 N–H and O–H groups in total. The van der Waals surface area contributed by atoms with Gasteiger partial charge in [-0.15, -0.1) is 0 Å². The Hall–Kier alpha value is -2.12. The Morgan fingerprint density at radius 3 is 2.64 bits per heavy atom. The van der Waals surface area contributed by atoms with Gasteiger partial charge in [0.1, 0.15) is 12.6 Å². The summed E-state index contributed by atoms with van der Waals surface area (Å²) >= 11 is 0. The number of piperidine rings is 1. The number of rotatable bonds is 6. The summed E-state index contributed by atoms with van der Waals surface area (Å²) in [7, 11) is 1.28. The molecule has 1 fully saturated rings. The molecule has 1 aromatic rings. The van der Waals surface area contributed by atoms with Crippen LogP contribution in [0.15, 0.2) is 30.3 Å². The highest BCUT2D eigenvalue weighted by molar-refractivity contribution is 5.81. The minimum Gasteiger partial charge on any atom is -0.467 e. The number of aliphatic hydroxyl groups excluding tert-OH is 2. The summed E-state index contributed by atoms with van der Waals surface area (Å²) in [5.74, 6) is -0.500. The van der Waals surface area contributed by atoms with E-state index >= 15 is 0 Å². The van der Waals surface area contributed by atoms with Crippen LogP contribution in [0.2, 0.25) is 0 Å². The van der Waals surface area contributed by atoms with E-state index in [1.807, 2.05) is 30.3 Å². The van der Waals surface area contributed by atoms with Gasteiger partial charge >= 0.3 is 12.1 Å². The van der Waals surface area contributed by atoms with Gasteiger partial charge in [-0.1, -0.05) is 30.3 Å². The molecule has 0 radical (unpaired) electrons. The number of esters is 1. The van der Waals surface area contributed by atoms with E-state index in [1.165, 1.54) is 12.0 Å². The van der Waals surface area contributed by atoms with Gasteiger partial charge in [-0.25, -0.2) is 9.59 Å². The van der Waals surface area contributed by atoms with Gasteiger partial charge in [-0.3, -0.25) is 4.90 Å². The normalized spacial score (nSPS) is 21.5. The van der Waals surface area contributed by atoms with Crippen molar-refractivity contribution >= 4 is 12.1 Å². The Kier molecular flexibility index (Phi) is 7.21. The quantitative estimate of drug-likeness (QED) is 0.754. The largest absolute Gasteiger partial charge is 0.467 e. The number of likely N-dealkylation sites (tertiary alicyclic amines) is 1. The molecule has 0 aromatic heterocycles. The second-order valence-electron chi connectivity index (χ2n) is 6.14. The van der Waals surface area contributed by atoms with Crippen LogP contribution in [0.1, 0.15) is 31.2 Å². The third-order valence-electron chi connectivity index (χ3n) is 4.39. The Bertz CT molecular complexity index is 564. The van der Waals surface area contributed by atoms with E-state index in [-0.39, 0.29) is 19.1 Å². The van der Waals surface area contributed by atoms with Gasteiger partial charge < -0.3 is 19.7 Å². The van der Waals surface area contributed by atoms with E-state index in [0.717, 1.165) is 12.0 Å². The smallest absolute Gasteiger partial charge is 0.411 e. The molecule has 3 atom stereocenters. The van der Waals surface area contributed by atoms with Crippen LogP contribution < -0.4 is 0 Å². The van der Waals surface area contributed by atoms with Crippen molar-refractivity contribution in [1.29, 1.82) is 0 Å². The molecule has 0 spiro atoms. The van der Waals surface area contributed by atoms with Crippen molar-refractivity contribution < 1.29 is 29.3 Å². The number of hydrogen-bond donors (Lipinski definition) is 2. The molecule has 0 bridgehead atoms. The van der Waals surface area contributed by atoms with Gasteiger partial charge in [0.15, 0.2) is 0 Å². The third-order valence-corrected chi connectivity index (χ3v) is 4.39. The molecular formula is C18H25NO6. The Morgan fingerprint density at radius 1 is 1.28 bits per heavy atom. The molecule has 1 aromatic carbocycles. The molecule has 1 heterocycles. The third kappa shape index (κ3) is 5.17. The van der Waals surface area contributed by atoms with Crippen molar-refractivity contribution in [3.05, 3.63) is 35.9 Å². The number of methoxy groups -OCH3 is 1. The summed E-state index contributed by atoms with van der Waals surface area (Å²) < 4.78 is 10.2. The van der Waals surface area contributed by atoms with E-state index in [9.17, 15) is 14.7 Å². The second kappa shape index (κ2) is 9.39. The number of nitrogens with zero attached hydrogens (tertiary/aromatic N) is 1. The Balaban J connectivity index is 2.11. The summed E-state index contributed by atoms with van der Waals surface area (Å²) in [5, 5.41) is 18.8. The summed E-state index contributed by atoms with van der Waals surface area (Å²) in [6.45, 7) is -0.300. The molecule has 1 amide bonds. The molecule has 138 valence electrons. The summed E-state index contributed by atoms with van der Waals surface area (Å²) in [6.07, 6.45) is 0.458. The second-order valence-corrected chi connectivity index (χ2v) is 6.14. The monoisotopic (exact) mass is 351 g/mol. The van der Waals surface area contributed by atoms with Gasteiger partial charge in [-0.2, -0.15) is 0 Å². The highest BCUT2D eigenvalue weighted by Gasteiger charge is 2.40. The maximum absolute atomic E-state index is 12.6. The standard InChI is InChI=1S/C18H25NO6/c1-24-17(22)16-9-5-8-14(10-15(21)11-20)19(16)18(23)25-12-13-6-3-2-4-7-13/h2-4,6-7,14-16,20-21H,5,8-12H2,1H3. The lowest BCUT2D eigenvalue weighted by molar-refractivity contribution is -0.149. The number of ether oxygens (including phenoxy) is 2. The van der Waals surface area contributed by atoms with Gasteiger partial charge in [-0.05, 0) is 31.2 Å². The summed E-state index contributed by atoms with van der Waals surface area (Å²) in [4.78, 5) is 26.1. The average molecular weight is 351 g/mol. The Morgan fingerprint density at radius 2 is 2.00 bits per heavy atom. The van der Waals surface area contributed by atoms with E-state index in [0.29, 0.717) is 12.8 Å². The first-order valence-corrected chi connectivity index (χ1v) is 8.42. The number of hydrogen-bond acceptors (Lipinski definition) is 6. The topological polar surface area (TPSA) is 96.3 Å². The first-order chi connectivity index (χ1) is 12.1. The lowest BCUT2D eigenvalue weighted by atomic mass is 9.92. The maximum atomic E-state index is 12.6. The zero-order valence-corrected chi connectivity index (χ0v) is 14.3. The van der Waals surface area contributed by atoms with Crippen LogP contribution in [-0.4, -0.2) is 59.1 Å². The zero-order chi connectivity index (χ0) is 18.2. The van der Waals surface area contributed by atoms with Crippen LogP contribution in [0.25, 0.3) is 0 Å². The Labute approximate surface area is 147 Å². The van der Waals surface area contributed by atoms with E-state index in [4.69, 9.17) is 14.6 Å². The first-order valence-electron chi connectivity index (χ1n) is 8.42. The van der Waals surface area contributed by atoms with Crippen molar-refractivity contribution in [1.82, 2.24) is 4.90 Å². The average Bonchev–Trinajstić information content (AvgIpc) is 2.65. The molecule has 0 aliphatic carbocycles. The predicted molar refractivity (Wildman–Crippen MR) is 89.6 cm³/mol. The molecule has 2 rings (SSSR count). The van der Waals surface area contributed by atoms with Crippen LogP contribution in [-0.2, 0) is 20.9 Å². The van der Waals surface area contributed by atoms with Gasteiger partial charge in [0, 0.05) is 6.04 Å². The fraction of sp³-hybridized carbons (Fsp3) is 0.556. The minimum absolute atomic E-state index is 0.0966. The minimum atomic E-state index is -0.953. The summed E-state index contributed by atoms with van der Waals surface area (Å²) in [6, 6.07) is 8.13. The molecule has 25 heavy (non-hydrogen) atoms. The number of carbonyl (C=O) groups is 2. The molecule has 0 saturated carbocycles. The van der Waals surface area contributed by atoms with Gasteiger partial charge in [0.25, 0.3) is 0 Å². The number of amides is 1. The van der Waals surface area contributed by atoms with Crippen LogP contribution in [0.3, 0.4) is 0 Å². The highest BCUT2D eigenvalue weighted by Crippen LogP contribution is 2.28. The van der Waals surface area contributed by atoms with Crippen molar-refractivity contribution in [2.75, 3.05) is 13.7 Å². The van der Waals surface area contributed by atoms with E-state index in [1.54, 1.807) is 0 Å². The lowest BCUT2D eigenvalue weighted by Crippen LogP contribution is -2.54. The van der Waals surface area contributed by atoms with Gasteiger partial charge in [0.05, 0.1) is 19.8 Å². The number of aliphatic hydroxyl groups is 2. The van der Waals surface area contributed by atoms with E-state index < -0.39 is 30.8 Å². The van der Waals surface area contributed by atoms with Crippen LogP contribution >= 0.6 is 0 Å². The fourth-order valence-electron chi connectivity index (χ4n) is 3.14. The van der Waals surface area contributed by atoms with Crippen molar-refractivity contribution in [3.63, 3.8) is 0 Å². The molecule has 7 heteroatoms. The summed E-state index contributed by atoms with van der Waals surface area (Å²) in [5.41, 5.74) is 0.842. The maximum Gasteiger partial charge on any atom is 0.411 e. The number of benzene rings is 1. The van der Waals surface area contributed by atoms with Crippen molar-refractivity contribution in [3.8, 4) is 0 Å². The zero-order valence-electron chi connectivity index (χ0n) is 14.3. The van der Waals surface area contributed by atoms with Crippen LogP contribution in [0.4, 0.5) is 4.79 Å². The van der Waals surface area contributed by atoms with Crippen molar-refractivity contribution in [2.45, 2.75) is 50.5 Å². The van der Waals surface area contributed by atoms with E-state index in [2.05, 4.69) is 0 Å². The molecule has 3 unspecified atom stereocenters. The first kappa shape index (κ1) is 19.2. The molecule has 1 aliphatic rings.